The Kier molecular flexibility index (Phi) is 8.94. The van der Waals surface area contributed by atoms with Crippen molar-refractivity contribution in [2.45, 2.75) is 44.6 Å². The van der Waals surface area contributed by atoms with Gasteiger partial charge in [-0.15, -0.1) is 0 Å². The number of phenols is 1. The lowest BCUT2D eigenvalue weighted by molar-refractivity contribution is 0.165. The van der Waals surface area contributed by atoms with E-state index in [4.69, 9.17) is 0 Å². The Hall–Kier alpha value is -4.10. The number of amides is 2. The lowest BCUT2D eigenvalue weighted by Crippen LogP contribution is -2.29. The zero-order valence-electron chi connectivity index (χ0n) is 20.7. The van der Waals surface area contributed by atoms with Crippen LogP contribution in [0.2, 0.25) is 0 Å². The van der Waals surface area contributed by atoms with Gasteiger partial charge in [0, 0.05) is 23.7 Å². The number of aliphatic hydroxyl groups is 1. The number of phenolic OH excluding ortho intramolecular Hbond substituents is 1. The highest BCUT2D eigenvalue weighted by molar-refractivity contribution is 5.89. The molecule has 4 aromatic rings. The summed E-state index contributed by atoms with van der Waals surface area (Å²) in [6, 6.07) is 24.0. The van der Waals surface area contributed by atoms with Crippen LogP contribution in [0.3, 0.4) is 0 Å². The molecule has 5 N–H and O–H groups in total. The zero-order chi connectivity index (χ0) is 26.0. The van der Waals surface area contributed by atoms with Gasteiger partial charge in [0.25, 0.3) is 0 Å². The lowest BCUT2D eigenvalue weighted by Gasteiger charge is -2.14. The third kappa shape index (κ3) is 7.44. The van der Waals surface area contributed by atoms with Gasteiger partial charge in [0.2, 0.25) is 5.56 Å². The minimum atomic E-state index is -0.688. The topological polar surface area (TPSA) is 114 Å². The predicted octanol–water partition coefficient (Wildman–Crippen LogP) is 5.43. The molecule has 2 amide bonds. The first-order valence-electron chi connectivity index (χ1n) is 12.7. The van der Waals surface area contributed by atoms with E-state index in [9.17, 15) is 19.8 Å². The molecule has 4 rings (SSSR count). The molecular formula is C30H33N3O4. The molecule has 3 aromatic carbocycles. The van der Waals surface area contributed by atoms with Crippen LogP contribution in [0.5, 0.6) is 5.75 Å². The number of rotatable bonds is 11. The third-order valence-corrected chi connectivity index (χ3v) is 6.44. The number of unbranched alkanes of at least 4 members (excludes halogenated alkanes) is 1. The number of H-pyrrole nitrogens is 1. The van der Waals surface area contributed by atoms with Crippen LogP contribution in [-0.4, -0.2) is 27.8 Å². The molecule has 7 heteroatoms. The second-order valence-corrected chi connectivity index (χ2v) is 9.21. The van der Waals surface area contributed by atoms with Crippen molar-refractivity contribution in [3.63, 3.8) is 0 Å². The van der Waals surface area contributed by atoms with Crippen molar-refractivity contribution in [3.8, 4) is 5.75 Å². The zero-order valence-corrected chi connectivity index (χ0v) is 20.7. The number of aromatic amines is 1. The quantitative estimate of drug-likeness (QED) is 0.177. The number of aromatic hydroxyl groups is 1. The van der Waals surface area contributed by atoms with Crippen LogP contribution < -0.4 is 16.2 Å². The number of fused-ring (bicyclic) bond motifs is 1. The van der Waals surface area contributed by atoms with Gasteiger partial charge >= 0.3 is 6.03 Å². The van der Waals surface area contributed by atoms with E-state index in [1.165, 1.54) is 17.7 Å². The van der Waals surface area contributed by atoms with Crippen molar-refractivity contribution in [3.05, 3.63) is 106 Å². The number of hydrogen-bond donors (Lipinski definition) is 5. The average Bonchev–Trinajstić information content (AvgIpc) is 2.91. The number of aryl methyl sites for hydroxylation is 2. The molecule has 0 bridgehead atoms. The Balaban J connectivity index is 1.17. The second kappa shape index (κ2) is 12.7. The minimum absolute atomic E-state index is 0.0119. The monoisotopic (exact) mass is 499 g/mol. The molecule has 1 aromatic heterocycles. The van der Waals surface area contributed by atoms with Crippen LogP contribution in [0.25, 0.3) is 10.9 Å². The highest BCUT2D eigenvalue weighted by Crippen LogP contribution is 2.31. The molecule has 0 radical (unpaired) electrons. The lowest BCUT2D eigenvalue weighted by atomic mass is 9.97. The maximum absolute atomic E-state index is 12.1. The smallest absolute Gasteiger partial charge is 0.319 e. The van der Waals surface area contributed by atoms with Crippen LogP contribution in [0.4, 0.5) is 10.5 Å². The summed E-state index contributed by atoms with van der Waals surface area (Å²) < 4.78 is 0. The Morgan fingerprint density at radius 3 is 2.35 bits per heavy atom. The largest absolute Gasteiger partial charge is 0.506 e. The van der Waals surface area contributed by atoms with Crippen LogP contribution in [0, 0.1) is 0 Å². The van der Waals surface area contributed by atoms with Crippen molar-refractivity contribution >= 4 is 22.6 Å². The molecular weight excluding hydrogens is 466 g/mol. The molecule has 0 aliphatic rings. The first-order chi connectivity index (χ1) is 18.0. The molecule has 37 heavy (non-hydrogen) atoms. The van der Waals surface area contributed by atoms with Crippen molar-refractivity contribution in [2.75, 3.05) is 11.9 Å². The summed E-state index contributed by atoms with van der Waals surface area (Å²) in [6.45, 7) is 0.614. The summed E-state index contributed by atoms with van der Waals surface area (Å²) in [5.41, 5.74) is 3.92. The summed E-state index contributed by atoms with van der Waals surface area (Å²) in [6.07, 6.45) is 4.28. The van der Waals surface area contributed by atoms with Gasteiger partial charge in [-0.05, 0) is 73.1 Å². The number of nitrogens with one attached hydrogen (secondary N) is 3. The van der Waals surface area contributed by atoms with E-state index in [1.807, 2.05) is 42.5 Å². The van der Waals surface area contributed by atoms with Gasteiger partial charge in [0.1, 0.15) is 5.75 Å². The number of anilines is 1. The molecule has 0 spiro atoms. The van der Waals surface area contributed by atoms with Gasteiger partial charge < -0.3 is 25.8 Å². The van der Waals surface area contributed by atoms with E-state index in [1.54, 1.807) is 12.1 Å². The summed E-state index contributed by atoms with van der Waals surface area (Å²) in [4.78, 5) is 26.4. The second-order valence-electron chi connectivity index (χ2n) is 9.21. The van der Waals surface area contributed by atoms with Crippen molar-refractivity contribution in [2.24, 2.45) is 0 Å². The molecule has 1 atom stereocenters. The van der Waals surface area contributed by atoms with Crippen LogP contribution in [0.1, 0.15) is 48.5 Å². The SMILES string of the molecule is O=C(NCCCc1ccccc1)Nc1ccc(CCCC[C@H](O)c2ccc(O)c3[nH]c(=O)ccc23)cc1. The van der Waals surface area contributed by atoms with Crippen LogP contribution in [0.15, 0.2) is 83.7 Å². The average molecular weight is 500 g/mol. The highest BCUT2D eigenvalue weighted by atomic mass is 16.3. The van der Waals surface area contributed by atoms with Crippen LogP contribution in [-0.2, 0) is 12.8 Å². The highest BCUT2D eigenvalue weighted by Gasteiger charge is 2.14. The molecule has 0 aliphatic heterocycles. The maximum Gasteiger partial charge on any atom is 0.319 e. The van der Waals surface area contributed by atoms with Gasteiger partial charge in [-0.2, -0.15) is 0 Å². The summed E-state index contributed by atoms with van der Waals surface area (Å²) in [5.74, 6) is -0.0119. The molecule has 0 unspecified atom stereocenters. The fourth-order valence-electron chi connectivity index (χ4n) is 4.44. The Morgan fingerprint density at radius 1 is 0.838 bits per heavy atom. The van der Waals surface area contributed by atoms with Gasteiger partial charge in [0.05, 0.1) is 11.6 Å². The van der Waals surface area contributed by atoms with E-state index < -0.39 is 6.10 Å². The molecule has 0 aliphatic carbocycles. The Morgan fingerprint density at radius 2 is 1.57 bits per heavy atom. The van der Waals surface area contributed by atoms with Crippen molar-refractivity contribution < 1.29 is 15.0 Å². The number of hydrogen-bond acceptors (Lipinski definition) is 4. The first kappa shape index (κ1) is 26.0. The van der Waals surface area contributed by atoms with Gasteiger partial charge in [-0.25, -0.2) is 4.79 Å². The molecule has 1 heterocycles. The van der Waals surface area contributed by atoms with Gasteiger partial charge in [0.15, 0.2) is 0 Å². The number of aliphatic hydroxyl groups excluding tert-OH is 1. The predicted molar refractivity (Wildman–Crippen MR) is 147 cm³/mol. The number of aromatic nitrogens is 1. The fraction of sp³-hybridized carbons (Fsp3) is 0.267. The van der Waals surface area contributed by atoms with E-state index in [0.717, 1.165) is 43.4 Å². The summed E-state index contributed by atoms with van der Waals surface area (Å²) in [5, 5.41) is 27.1. The molecule has 0 saturated heterocycles. The van der Waals surface area contributed by atoms with E-state index in [0.29, 0.717) is 29.4 Å². The standard InChI is InChI=1S/C30H33N3O4/c34-26(24-16-18-27(35)29-25(24)17-19-28(36)33-29)11-5-4-9-22-12-14-23(15-13-22)32-30(37)31-20-6-10-21-7-2-1-3-8-21/h1-3,7-8,12-19,26,34-35H,4-6,9-11,20H2,(H,33,36)(H2,31,32,37)/t26-/m0/s1. The summed E-state index contributed by atoms with van der Waals surface area (Å²) >= 11 is 0. The number of urea groups is 1. The number of carbonyl (C=O) groups excluding carboxylic acids is 1. The number of carbonyl (C=O) groups is 1. The third-order valence-electron chi connectivity index (χ3n) is 6.44. The maximum atomic E-state index is 12.1. The number of benzene rings is 3. The Labute approximate surface area is 216 Å². The molecule has 192 valence electrons. The van der Waals surface area contributed by atoms with E-state index >= 15 is 0 Å². The normalized spacial score (nSPS) is 11.8. The Bertz CT molecular complexity index is 1370. The molecule has 0 saturated carbocycles. The summed E-state index contributed by atoms with van der Waals surface area (Å²) in [7, 11) is 0. The van der Waals surface area contributed by atoms with Gasteiger partial charge in [-0.3, -0.25) is 4.79 Å². The van der Waals surface area contributed by atoms with E-state index in [-0.39, 0.29) is 17.3 Å². The van der Waals surface area contributed by atoms with Gasteiger partial charge in [-0.1, -0.05) is 55.0 Å². The van der Waals surface area contributed by atoms with Crippen molar-refractivity contribution in [1.29, 1.82) is 0 Å². The van der Waals surface area contributed by atoms with Crippen LogP contribution >= 0.6 is 0 Å². The van der Waals surface area contributed by atoms with Crippen molar-refractivity contribution in [1.82, 2.24) is 10.3 Å². The molecule has 7 nitrogen and oxygen atoms in total. The number of pyridine rings is 1. The fourth-order valence-corrected chi connectivity index (χ4v) is 4.44. The first-order valence-corrected chi connectivity index (χ1v) is 12.7. The minimum Gasteiger partial charge on any atom is -0.506 e. The molecule has 0 fully saturated rings. The van der Waals surface area contributed by atoms with E-state index in [2.05, 4.69) is 27.8 Å².